The third-order valence-corrected chi connectivity index (χ3v) is 2.44. The number of hydrogen-bond donors (Lipinski definition) is 2. The van der Waals surface area contributed by atoms with Gasteiger partial charge in [-0.05, 0) is 26.8 Å². The van der Waals surface area contributed by atoms with Gasteiger partial charge >= 0.3 is 0 Å². The summed E-state index contributed by atoms with van der Waals surface area (Å²) in [4.78, 5) is 4.25. The SMILES string of the molecule is CCOc1ncccc1C(C)(C)NCCN. The third kappa shape index (κ3) is 3.18. The second-order valence-corrected chi connectivity index (χ2v) is 4.13. The van der Waals surface area contributed by atoms with Crippen LogP contribution in [0, 0.1) is 0 Å². The Balaban J connectivity index is 2.91. The molecule has 4 heteroatoms. The van der Waals surface area contributed by atoms with E-state index in [2.05, 4.69) is 24.1 Å². The lowest BCUT2D eigenvalue weighted by Crippen LogP contribution is -2.39. The zero-order valence-electron chi connectivity index (χ0n) is 10.3. The molecule has 0 amide bonds. The Morgan fingerprint density at radius 2 is 2.25 bits per heavy atom. The van der Waals surface area contributed by atoms with Crippen LogP contribution in [0.1, 0.15) is 26.3 Å². The summed E-state index contributed by atoms with van der Waals surface area (Å²) in [6.07, 6.45) is 1.74. The predicted octanol–water partition coefficient (Wildman–Crippen LogP) is 1.26. The highest BCUT2D eigenvalue weighted by molar-refractivity contribution is 5.32. The minimum atomic E-state index is -0.182. The van der Waals surface area contributed by atoms with Crippen LogP contribution in [-0.2, 0) is 5.54 Å². The number of rotatable bonds is 6. The van der Waals surface area contributed by atoms with Gasteiger partial charge in [-0.3, -0.25) is 0 Å². The molecule has 4 nitrogen and oxygen atoms in total. The van der Waals surface area contributed by atoms with Gasteiger partial charge in [0.1, 0.15) is 0 Å². The van der Waals surface area contributed by atoms with Gasteiger partial charge in [0.05, 0.1) is 6.61 Å². The Kier molecular flexibility index (Phi) is 4.71. The van der Waals surface area contributed by atoms with Crippen LogP contribution in [0.25, 0.3) is 0 Å². The molecule has 1 rings (SSSR count). The summed E-state index contributed by atoms with van der Waals surface area (Å²) in [6, 6.07) is 3.95. The van der Waals surface area contributed by atoms with E-state index in [-0.39, 0.29) is 5.54 Å². The van der Waals surface area contributed by atoms with E-state index in [0.717, 1.165) is 12.1 Å². The molecule has 0 atom stereocenters. The Morgan fingerprint density at radius 1 is 1.50 bits per heavy atom. The Labute approximate surface area is 97.2 Å². The van der Waals surface area contributed by atoms with E-state index in [1.54, 1.807) is 6.20 Å². The molecular formula is C12H21N3O. The van der Waals surface area contributed by atoms with Crippen LogP contribution in [0.5, 0.6) is 5.88 Å². The van der Waals surface area contributed by atoms with Gasteiger partial charge in [0.2, 0.25) is 5.88 Å². The van der Waals surface area contributed by atoms with Gasteiger partial charge in [0.15, 0.2) is 0 Å². The van der Waals surface area contributed by atoms with Crippen LogP contribution in [0.4, 0.5) is 0 Å². The maximum absolute atomic E-state index is 5.52. The minimum Gasteiger partial charge on any atom is -0.478 e. The van der Waals surface area contributed by atoms with Crippen molar-refractivity contribution in [1.29, 1.82) is 0 Å². The van der Waals surface area contributed by atoms with Gasteiger partial charge in [0.25, 0.3) is 0 Å². The largest absolute Gasteiger partial charge is 0.478 e. The fourth-order valence-corrected chi connectivity index (χ4v) is 1.60. The summed E-state index contributed by atoms with van der Waals surface area (Å²) >= 11 is 0. The fourth-order valence-electron chi connectivity index (χ4n) is 1.60. The van der Waals surface area contributed by atoms with Crippen molar-refractivity contribution in [2.45, 2.75) is 26.3 Å². The lowest BCUT2D eigenvalue weighted by molar-refractivity contribution is 0.304. The molecule has 0 aliphatic heterocycles. The van der Waals surface area contributed by atoms with Crippen molar-refractivity contribution in [2.24, 2.45) is 5.73 Å². The summed E-state index contributed by atoms with van der Waals surface area (Å²) in [5, 5.41) is 3.38. The summed E-state index contributed by atoms with van der Waals surface area (Å²) < 4.78 is 5.52. The molecule has 90 valence electrons. The molecule has 0 aliphatic carbocycles. The molecule has 1 aromatic rings. The number of ether oxygens (including phenoxy) is 1. The van der Waals surface area contributed by atoms with Gasteiger partial charge in [0, 0.05) is 30.4 Å². The average Bonchev–Trinajstić information content (AvgIpc) is 2.27. The standard InChI is InChI=1S/C12H21N3O/c1-4-16-11-10(6-5-8-14-11)12(2,3)15-9-7-13/h5-6,8,15H,4,7,9,13H2,1-3H3. The van der Waals surface area contributed by atoms with Crippen molar-refractivity contribution < 1.29 is 4.74 Å². The van der Waals surface area contributed by atoms with Crippen LogP contribution >= 0.6 is 0 Å². The van der Waals surface area contributed by atoms with E-state index < -0.39 is 0 Å². The Hall–Kier alpha value is -1.13. The number of nitrogens with zero attached hydrogens (tertiary/aromatic N) is 1. The van der Waals surface area contributed by atoms with Crippen LogP contribution < -0.4 is 15.8 Å². The zero-order chi connectivity index (χ0) is 12.0. The van der Waals surface area contributed by atoms with Crippen molar-refractivity contribution in [3.63, 3.8) is 0 Å². The van der Waals surface area contributed by atoms with Crippen molar-refractivity contribution in [1.82, 2.24) is 10.3 Å². The van der Waals surface area contributed by atoms with Gasteiger partial charge in [-0.25, -0.2) is 4.98 Å². The molecule has 0 fully saturated rings. The van der Waals surface area contributed by atoms with Crippen molar-refractivity contribution in [3.8, 4) is 5.88 Å². The maximum atomic E-state index is 5.52. The molecular weight excluding hydrogens is 202 g/mol. The summed E-state index contributed by atoms with van der Waals surface area (Å²) in [6.45, 7) is 8.17. The number of hydrogen-bond acceptors (Lipinski definition) is 4. The first-order chi connectivity index (χ1) is 7.61. The van der Waals surface area contributed by atoms with E-state index in [9.17, 15) is 0 Å². The van der Waals surface area contributed by atoms with Crippen molar-refractivity contribution in [3.05, 3.63) is 23.9 Å². The lowest BCUT2D eigenvalue weighted by Gasteiger charge is -2.28. The minimum absolute atomic E-state index is 0.182. The second kappa shape index (κ2) is 5.82. The first kappa shape index (κ1) is 12.9. The number of pyridine rings is 1. The summed E-state index contributed by atoms with van der Waals surface area (Å²) in [7, 11) is 0. The van der Waals surface area contributed by atoms with E-state index in [1.807, 2.05) is 19.1 Å². The number of nitrogens with one attached hydrogen (secondary N) is 1. The van der Waals surface area contributed by atoms with E-state index in [0.29, 0.717) is 19.0 Å². The summed E-state index contributed by atoms with van der Waals surface area (Å²) in [5.41, 5.74) is 6.38. The topological polar surface area (TPSA) is 60.2 Å². The monoisotopic (exact) mass is 223 g/mol. The highest BCUT2D eigenvalue weighted by Gasteiger charge is 2.23. The second-order valence-electron chi connectivity index (χ2n) is 4.13. The van der Waals surface area contributed by atoms with Crippen molar-refractivity contribution >= 4 is 0 Å². The van der Waals surface area contributed by atoms with E-state index >= 15 is 0 Å². The smallest absolute Gasteiger partial charge is 0.218 e. The molecule has 1 aromatic heterocycles. The lowest BCUT2D eigenvalue weighted by atomic mass is 9.95. The quantitative estimate of drug-likeness (QED) is 0.762. The fraction of sp³-hybridized carbons (Fsp3) is 0.583. The maximum Gasteiger partial charge on any atom is 0.218 e. The van der Waals surface area contributed by atoms with E-state index in [1.165, 1.54) is 0 Å². The third-order valence-electron chi connectivity index (χ3n) is 2.44. The molecule has 0 bridgehead atoms. The van der Waals surface area contributed by atoms with Gasteiger partial charge in [-0.15, -0.1) is 0 Å². The molecule has 0 aliphatic rings. The zero-order valence-corrected chi connectivity index (χ0v) is 10.3. The van der Waals surface area contributed by atoms with Crippen molar-refractivity contribution in [2.75, 3.05) is 19.7 Å². The number of aromatic nitrogens is 1. The molecule has 0 saturated heterocycles. The molecule has 0 spiro atoms. The molecule has 3 N–H and O–H groups in total. The van der Waals surface area contributed by atoms with Crippen LogP contribution in [-0.4, -0.2) is 24.7 Å². The van der Waals surface area contributed by atoms with E-state index in [4.69, 9.17) is 10.5 Å². The van der Waals surface area contributed by atoms with Crippen LogP contribution in [0.15, 0.2) is 18.3 Å². The molecule has 0 aromatic carbocycles. The van der Waals surface area contributed by atoms with Gasteiger partial charge < -0.3 is 15.8 Å². The molecule has 1 heterocycles. The first-order valence-corrected chi connectivity index (χ1v) is 5.65. The molecule has 0 saturated carbocycles. The molecule has 0 radical (unpaired) electrons. The average molecular weight is 223 g/mol. The Bertz CT molecular complexity index is 326. The Morgan fingerprint density at radius 3 is 2.88 bits per heavy atom. The predicted molar refractivity (Wildman–Crippen MR) is 65.5 cm³/mol. The number of nitrogens with two attached hydrogens (primary N) is 1. The van der Waals surface area contributed by atoms with Crippen LogP contribution in [0.2, 0.25) is 0 Å². The van der Waals surface area contributed by atoms with Gasteiger partial charge in [-0.2, -0.15) is 0 Å². The summed E-state index contributed by atoms with van der Waals surface area (Å²) in [5.74, 6) is 0.694. The van der Waals surface area contributed by atoms with Gasteiger partial charge in [-0.1, -0.05) is 6.07 Å². The highest BCUT2D eigenvalue weighted by atomic mass is 16.5. The first-order valence-electron chi connectivity index (χ1n) is 5.65. The molecule has 16 heavy (non-hydrogen) atoms. The van der Waals surface area contributed by atoms with Crippen LogP contribution in [0.3, 0.4) is 0 Å². The normalized spacial score (nSPS) is 11.5. The molecule has 0 unspecified atom stereocenters. The highest BCUT2D eigenvalue weighted by Crippen LogP contribution is 2.27.